The Balaban J connectivity index is 1.93. The maximum Gasteiger partial charge on any atom is 0.326 e. The van der Waals surface area contributed by atoms with Crippen LogP contribution in [-0.2, 0) is 9.53 Å². The van der Waals surface area contributed by atoms with E-state index in [0.717, 1.165) is 5.57 Å². The van der Waals surface area contributed by atoms with Crippen molar-refractivity contribution in [1.82, 2.24) is 5.32 Å². The molecule has 2 heterocycles. The van der Waals surface area contributed by atoms with Crippen molar-refractivity contribution in [1.29, 1.82) is 0 Å². The fourth-order valence-corrected chi connectivity index (χ4v) is 3.32. The molecular weight excluding hydrogens is 270 g/mol. The average Bonchev–Trinajstić information content (AvgIpc) is 3.15. The van der Waals surface area contributed by atoms with Crippen LogP contribution in [0.4, 0.5) is 0 Å². The standard InChI is InChI=1S/C16H15NO2S/c1-19-16(18)14-9-12(10-17-14)15-13(7-8-20-15)11-5-3-2-4-6-11/h2-9,14,17H,10H2,1H3/t14-/m0/s1. The normalized spacial score (nSPS) is 17.9. The summed E-state index contributed by atoms with van der Waals surface area (Å²) in [6, 6.07) is 12.1. The van der Waals surface area contributed by atoms with Crippen LogP contribution in [0.1, 0.15) is 4.88 Å². The van der Waals surface area contributed by atoms with Crippen LogP contribution in [0.15, 0.2) is 47.9 Å². The summed E-state index contributed by atoms with van der Waals surface area (Å²) in [5.41, 5.74) is 3.58. The lowest BCUT2D eigenvalue weighted by Gasteiger charge is -2.04. The average molecular weight is 285 g/mol. The van der Waals surface area contributed by atoms with Gasteiger partial charge in [0.2, 0.25) is 0 Å². The van der Waals surface area contributed by atoms with Gasteiger partial charge >= 0.3 is 5.97 Å². The first-order chi connectivity index (χ1) is 9.79. The number of ether oxygens (including phenoxy) is 1. The summed E-state index contributed by atoms with van der Waals surface area (Å²) in [5, 5.41) is 5.25. The molecule has 1 aliphatic rings. The number of benzene rings is 1. The van der Waals surface area contributed by atoms with Crippen LogP contribution in [0.2, 0.25) is 0 Å². The van der Waals surface area contributed by atoms with E-state index < -0.39 is 0 Å². The molecule has 0 bridgehead atoms. The first-order valence-electron chi connectivity index (χ1n) is 6.45. The van der Waals surface area contributed by atoms with Gasteiger partial charge in [-0.05, 0) is 28.1 Å². The Kier molecular flexibility index (Phi) is 3.67. The lowest BCUT2D eigenvalue weighted by atomic mass is 10.0. The molecule has 0 unspecified atom stereocenters. The second kappa shape index (κ2) is 5.61. The van der Waals surface area contributed by atoms with Gasteiger partial charge in [0, 0.05) is 11.4 Å². The minimum atomic E-state index is -0.333. The fraction of sp³-hybridized carbons (Fsp3) is 0.188. The van der Waals surface area contributed by atoms with E-state index in [1.165, 1.54) is 23.1 Å². The number of hydrogen-bond donors (Lipinski definition) is 1. The van der Waals surface area contributed by atoms with Crippen LogP contribution >= 0.6 is 11.3 Å². The lowest BCUT2D eigenvalue weighted by Crippen LogP contribution is -2.31. The largest absolute Gasteiger partial charge is 0.468 e. The third kappa shape index (κ3) is 2.40. The SMILES string of the molecule is COC(=O)[C@@H]1C=C(c2sccc2-c2ccccc2)CN1. The van der Waals surface area contributed by atoms with Gasteiger partial charge in [-0.15, -0.1) is 11.3 Å². The van der Waals surface area contributed by atoms with E-state index in [4.69, 9.17) is 4.74 Å². The number of nitrogens with one attached hydrogen (secondary N) is 1. The first kappa shape index (κ1) is 13.1. The third-order valence-corrected chi connectivity index (χ3v) is 4.37. The predicted octanol–water partition coefficient (Wildman–Crippen LogP) is 2.94. The highest BCUT2D eigenvalue weighted by Gasteiger charge is 2.24. The van der Waals surface area contributed by atoms with E-state index in [1.54, 1.807) is 11.3 Å². The highest BCUT2D eigenvalue weighted by Crippen LogP contribution is 2.34. The molecule has 1 aromatic carbocycles. The summed E-state index contributed by atoms with van der Waals surface area (Å²) in [5.74, 6) is -0.238. The smallest absolute Gasteiger partial charge is 0.326 e. The topological polar surface area (TPSA) is 38.3 Å². The zero-order valence-corrected chi connectivity index (χ0v) is 11.9. The molecule has 0 spiro atoms. The molecule has 1 aliphatic heterocycles. The summed E-state index contributed by atoms with van der Waals surface area (Å²) in [6.45, 7) is 0.695. The second-order valence-corrected chi connectivity index (χ2v) is 5.52. The van der Waals surface area contributed by atoms with Gasteiger partial charge in [0.15, 0.2) is 0 Å². The Morgan fingerprint density at radius 2 is 2.10 bits per heavy atom. The maximum absolute atomic E-state index is 11.6. The van der Waals surface area contributed by atoms with Gasteiger partial charge in [-0.2, -0.15) is 0 Å². The molecule has 0 radical (unpaired) electrons. The fourth-order valence-electron chi connectivity index (χ4n) is 2.38. The molecule has 2 aromatic rings. The van der Waals surface area contributed by atoms with Gasteiger partial charge in [-0.3, -0.25) is 10.1 Å². The van der Waals surface area contributed by atoms with E-state index in [2.05, 4.69) is 28.9 Å². The molecule has 102 valence electrons. The van der Waals surface area contributed by atoms with Gasteiger partial charge in [0.1, 0.15) is 6.04 Å². The Morgan fingerprint density at radius 1 is 1.30 bits per heavy atom. The molecule has 0 amide bonds. The number of methoxy groups -OCH3 is 1. The highest BCUT2D eigenvalue weighted by atomic mass is 32.1. The van der Waals surface area contributed by atoms with Crippen molar-refractivity contribution in [3.05, 3.63) is 52.7 Å². The van der Waals surface area contributed by atoms with E-state index in [-0.39, 0.29) is 12.0 Å². The molecule has 3 nitrogen and oxygen atoms in total. The number of carbonyl (C=O) groups excluding carboxylic acids is 1. The van der Waals surface area contributed by atoms with E-state index in [0.29, 0.717) is 6.54 Å². The molecule has 0 aliphatic carbocycles. The van der Waals surface area contributed by atoms with Crippen molar-refractivity contribution >= 4 is 22.9 Å². The summed E-state index contributed by atoms with van der Waals surface area (Å²) in [4.78, 5) is 12.8. The molecule has 4 heteroatoms. The van der Waals surface area contributed by atoms with Crippen molar-refractivity contribution in [2.75, 3.05) is 13.7 Å². The number of rotatable bonds is 3. The van der Waals surface area contributed by atoms with Gasteiger partial charge < -0.3 is 4.74 Å². The van der Waals surface area contributed by atoms with Crippen molar-refractivity contribution in [3.63, 3.8) is 0 Å². The quantitative estimate of drug-likeness (QED) is 0.881. The van der Waals surface area contributed by atoms with Gasteiger partial charge in [0.05, 0.1) is 7.11 Å². The minimum Gasteiger partial charge on any atom is -0.468 e. The monoisotopic (exact) mass is 285 g/mol. The van der Waals surface area contributed by atoms with Crippen molar-refractivity contribution in [3.8, 4) is 11.1 Å². The Labute approximate surface area is 121 Å². The van der Waals surface area contributed by atoms with Crippen LogP contribution in [0.5, 0.6) is 0 Å². The number of carbonyl (C=O) groups is 1. The van der Waals surface area contributed by atoms with Crippen molar-refractivity contribution in [2.45, 2.75) is 6.04 Å². The van der Waals surface area contributed by atoms with Gasteiger partial charge in [0.25, 0.3) is 0 Å². The van der Waals surface area contributed by atoms with Crippen LogP contribution in [0, 0.1) is 0 Å². The lowest BCUT2D eigenvalue weighted by molar-refractivity contribution is -0.141. The summed E-state index contributed by atoms with van der Waals surface area (Å²) in [7, 11) is 1.41. The molecule has 1 atom stereocenters. The van der Waals surface area contributed by atoms with Crippen LogP contribution in [-0.4, -0.2) is 25.7 Å². The molecule has 20 heavy (non-hydrogen) atoms. The van der Waals surface area contributed by atoms with Crippen LogP contribution < -0.4 is 5.32 Å². The molecule has 0 saturated carbocycles. The number of hydrogen-bond acceptors (Lipinski definition) is 4. The van der Waals surface area contributed by atoms with E-state index >= 15 is 0 Å². The maximum atomic E-state index is 11.6. The summed E-state index contributed by atoms with van der Waals surface area (Å²) >= 11 is 1.70. The molecule has 0 fully saturated rings. The van der Waals surface area contributed by atoms with Crippen molar-refractivity contribution in [2.24, 2.45) is 0 Å². The third-order valence-electron chi connectivity index (χ3n) is 3.38. The predicted molar refractivity (Wildman–Crippen MR) is 81.5 cm³/mol. The number of esters is 1. The summed E-state index contributed by atoms with van der Waals surface area (Å²) < 4.78 is 4.77. The highest BCUT2D eigenvalue weighted by molar-refractivity contribution is 7.11. The van der Waals surface area contributed by atoms with Crippen LogP contribution in [0.3, 0.4) is 0 Å². The van der Waals surface area contributed by atoms with Gasteiger partial charge in [-0.1, -0.05) is 36.4 Å². The molecule has 0 saturated heterocycles. The van der Waals surface area contributed by atoms with E-state index in [1.807, 2.05) is 24.3 Å². The second-order valence-electron chi connectivity index (χ2n) is 4.60. The Morgan fingerprint density at radius 3 is 2.85 bits per heavy atom. The summed E-state index contributed by atoms with van der Waals surface area (Å²) in [6.07, 6.45) is 1.96. The first-order valence-corrected chi connectivity index (χ1v) is 7.33. The zero-order valence-electron chi connectivity index (χ0n) is 11.1. The molecule has 1 N–H and O–H groups in total. The Hall–Kier alpha value is -1.91. The molecule has 3 rings (SSSR count). The molecule has 1 aromatic heterocycles. The number of thiophene rings is 1. The molecular formula is C16H15NO2S. The zero-order chi connectivity index (χ0) is 13.9. The van der Waals surface area contributed by atoms with Gasteiger partial charge in [-0.25, -0.2) is 0 Å². The van der Waals surface area contributed by atoms with Crippen LogP contribution in [0.25, 0.3) is 16.7 Å². The Bertz CT molecular complexity index is 646. The van der Waals surface area contributed by atoms with E-state index in [9.17, 15) is 4.79 Å². The minimum absolute atomic E-state index is 0.238. The van der Waals surface area contributed by atoms with Crippen molar-refractivity contribution < 1.29 is 9.53 Å².